The SMILES string of the molecule is Cc1cc(CN(CCO)CCc2ccccc2)no1. The van der Waals surface area contributed by atoms with Crippen molar-refractivity contribution in [2.75, 3.05) is 19.7 Å². The van der Waals surface area contributed by atoms with Crippen molar-refractivity contribution >= 4 is 0 Å². The first-order valence-electron chi connectivity index (χ1n) is 6.57. The molecule has 2 aromatic rings. The van der Waals surface area contributed by atoms with Crippen molar-refractivity contribution < 1.29 is 9.63 Å². The molecule has 0 amide bonds. The quantitative estimate of drug-likeness (QED) is 0.827. The van der Waals surface area contributed by atoms with Crippen LogP contribution in [0, 0.1) is 6.92 Å². The maximum Gasteiger partial charge on any atom is 0.133 e. The second-order valence-electron chi connectivity index (χ2n) is 4.66. The zero-order valence-electron chi connectivity index (χ0n) is 11.2. The normalized spacial score (nSPS) is 11.1. The van der Waals surface area contributed by atoms with Crippen LogP contribution in [0.15, 0.2) is 40.9 Å². The smallest absolute Gasteiger partial charge is 0.133 e. The van der Waals surface area contributed by atoms with Crippen LogP contribution in [-0.2, 0) is 13.0 Å². The van der Waals surface area contributed by atoms with Gasteiger partial charge in [0.05, 0.1) is 12.3 Å². The van der Waals surface area contributed by atoms with Gasteiger partial charge in [0.2, 0.25) is 0 Å². The Balaban J connectivity index is 1.89. The van der Waals surface area contributed by atoms with E-state index in [1.165, 1.54) is 5.56 Å². The molecule has 1 N–H and O–H groups in total. The van der Waals surface area contributed by atoms with Crippen LogP contribution in [0.1, 0.15) is 17.0 Å². The number of aliphatic hydroxyl groups excluding tert-OH is 1. The van der Waals surface area contributed by atoms with E-state index in [1.54, 1.807) is 0 Å². The molecule has 1 aromatic heterocycles. The number of aryl methyl sites for hydroxylation is 1. The number of nitrogens with zero attached hydrogens (tertiary/aromatic N) is 2. The molecule has 1 aromatic carbocycles. The Morgan fingerprint density at radius 3 is 2.63 bits per heavy atom. The van der Waals surface area contributed by atoms with Crippen LogP contribution in [0.2, 0.25) is 0 Å². The molecule has 102 valence electrons. The number of hydrogen-bond acceptors (Lipinski definition) is 4. The highest BCUT2D eigenvalue weighted by Gasteiger charge is 2.08. The fraction of sp³-hybridized carbons (Fsp3) is 0.400. The Kier molecular flexibility index (Phi) is 5.12. The number of aromatic nitrogens is 1. The Hall–Kier alpha value is -1.65. The monoisotopic (exact) mass is 260 g/mol. The van der Waals surface area contributed by atoms with Gasteiger partial charge in [0.15, 0.2) is 0 Å². The average molecular weight is 260 g/mol. The number of rotatable bonds is 7. The summed E-state index contributed by atoms with van der Waals surface area (Å²) in [6.07, 6.45) is 0.970. The highest BCUT2D eigenvalue weighted by atomic mass is 16.5. The Labute approximate surface area is 113 Å². The summed E-state index contributed by atoms with van der Waals surface area (Å²) in [4.78, 5) is 2.18. The fourth-order valence-electron chi connectivity index (χ4n) is 2.06. The highest BCUT2D eigenvalue weighted by Crippen LogP contribution is 2.07. The van der Waals surface area contributed by atoms with E-state index >= 15 is 0 Å². The molecule has 0 saturated heterocycles. The Bertz CT molecular complexity index is 482. The minimum atomic E-state index is 0.158. The summed E-state index contributed by atoms with van der Waals surface area (Å²) < 4.78 is 5.07. The second-order valence-corrected chi connectivity index (χ2v) is 4.66. The Morgan fingerprint density at radius 1 is 1.21 bits per heavy atom. The van der Waals surface area contributed by atoms with Crippen LogP contribution in [0.3, 0.4) is 0 Å². The zero-order chi connectivity index (χ0) is 13.5. The summed E-state index contributed by atoms with van der Waals surface area (Å²) in [5.41, 5.74) is 2.22. The lowest BCUT2D eigenvalue weighted by Crippen LogP contribution is -2.28. The molecule has 0 aliphatic heterocycles. The minimum Gasteiger partial charge on any atom is -0.395 e. The molecular formula is C15H20N2O2. The van der Waals surface area contributed by atoms with Gasteiger partial charge in [-0.15, -0.1) is 0 Å². The molecule has 0 bridgehead atoms. The first kappa shape index (κ1) is 13.8. The molecule has 19 heavy (non-hydrogen) atoms. The molecule has 0 unspecified atom stereocenters. The summed E-state index contributed by atoms with van der Waals surface area (Å²) in [5.74, 6) is 0.821. The van der Waals surface area contributed by atoms with Gasteiger partial charge >= 0.3 is 0 Å². The Morgan fingerprint density at radius 2 is 2.00 bits per heavy atom. The molecule has 0 saturated carbocycles. The van der Waals surface area contributed by atoms with Crippen LogP contribution >= 0.6 is 0 Å². The molecule has 2 rings (SSSR count). The lowest BCUT2D eigenvalue weighted by molar-refractivity contribution is 0.188. The minimum absolute atomic E-state index is 0.158. The van der Waals surface area contributed by atoms with Crippen LogP contribution in [0.25, 0.3) is 0 Å². The third kappa shape index (κ3) is 4.50. The first-order chi connectivity index (χ1) is 9.28. The van der Waals surface area contributed by atoms with Crippen LogP contribution in [0.5, 0.6) is 0 Å². The van der Waals surface area contributed by atoms with E-state index in [9.17, 15) is 0 Å². The van der Waals surface area contributed by atoms with Gasteiger partial charge < -0.3 is 9.63 Å². The van der Waals surface area contributed by atoms with E-state index in [-0.39, 0.29) is 6.61 Å². The summed E-state index contributed by atoms with van der Waals surface area (Å²) in [7, 11) is 0. The van der Waals surface area contributed by atoms with Gasteiger partial charge in [0.1, 0.15) is 5.76 Å². The van der Waals surface area contributed by atoms with E-state index in [0.29, 0.717) is 13.1 Å². The number of aliphatic hydroxyl groups is 1. The van der Waals surface area contributed by atoms with Crippen molar-refractivity contribution in [1.29, 1.82) is 0 Å². The van der Waals surface area contributed by atoms with Crippen molar-refractivity contribution in [1.82, 2.24) is 10.1 Å². The van der Waals surface area contributed by atoms with Crippen molar-refractivity contribution in [3.63, 3.8) is 0 Å². The highest BCUT2D eigenvalue weighted by molar-refractivity contribution is 5.15. The van der Waals surface area contributed by atoms with E-state index in [1.807, 2.05) is 31.2 Å². The number of benzene rings is 1. The van der Waals surface area contributed by atoms with Gasteiger partial charge in [0, 0.05) is 25.7 Å². The lowest BCUT2D eigenvalue weighted by Gasteiger charge is -2.19. The van der Waals surface area contributed by atoms with Crippen molar-refractivity contribution in [2.24, 2.45) is 0 Å². The molecule has 0 atom stereocenters. The van der Waals surface area contributed by atoms with Crippen LogP contribution in [-0.4, -0.2) is 34.9 Å². The van der Waals surface area contributed by atoms with Crippen molar-refractivity contribution in [3.8, 4) is 0 Å². The largest absolute Gasteiger partial charge is 0.395 e. The zero-order valence-corrected chi connectivity index (χ0v) is 11.2. The van der Waals surface area contributed by atoms with Gasteiger partial charge in [-0.05, 0) is 18.9 Å². The van der Waals surface area contributed by atoms with E-state index < -0.39 is 0 Å². The van der Waals surface area contributed by atoms with Crippen molar-refractivity contribution in [2.45, 2.75) is 19.9 Å². The standard InChI is InChI=1S/C15H20N2O2/c1-13-11-15(16-19-13)12-17(9-10-18)8-7-14-5-3-2-4-6-14/h2-6,11,18H,7-10,12H2,1H3. The van der Waals surface area contributed by atoms with Gasteiger partial charge in [-0.3, -0.25) is 4.90 Å². The fourth-order valence-corrected chi connectivity index (χ4v) is 2.06. The molecular weight excluding hydrogens is 240 g/mol. The summed E-state index contributed by atoms with van der Waals surface area (Å²) >= 11 is 0. The van der Waals surface area contributed by atoms with Gasteiger partial charge in [-0.25, -0.2) is 0 Å². The molecule has 0 fully saturated rings. The van der Waals surface area contributed by atoms with Crippen LogP contribution < -0.4 is 0 Å². The topological polar surface area (TPSA) is 49.5 Å². The van der Waals surface area contributed by atoms with Crippen LogP contribution in [0.4, 0.5) is 0 Å². The van der Waals surface area contributed by atoms with Gasteiger partial charge in [-0.1, -0.05) is 35.5 Å². The number of hydrogen-bond donors (Lipinski definition) is 1. The average Bonchev–Trinajstić information content (AvgIpc) is 2.83. The summed E-state index contributed by atoms with van der Waals surface area (Å²) in [6.45, 7) is 4.31. The maximum atomic E-state index is 9.13. The first-order valence-corrected chi connectivity index (χ1v) is 6.57. The molecule has 4 nitrogen and oxygen atoms in total. The lowest BCUT2D eigenvalue weighted by atomic mass is 10.1. The molecule has 0 spiro atoms. The predicted octanol–water partition coefficient (Wildman–Crippen LogP) is 2.02. The van der Waals surface area contributed by atoms with E-state index in [4.69, 9.17) is 9.63 Å². The summed E-state index contributed by atoms with van der Waals surface area (Å²) in [5, 5.41) is 13.1. The van der Waals surface area contributed by atoms with E-state index in [2.05, 4.69) is 22.2 Å². The third-order valence-electron chi connectivity index (χ3n) is 3.04. The molecule has 0 aliphatic rings. The van der Waals surface area contributed by atoms with E-state index in [0.717, 1.165) is 24.4 Å². The molecule has 0 aliphatic carbocycles. The maximum absolute atomic E-state index is 9.13. The van der Waals surface area contributed by atoms with Crippen molar-refractivity contribution in [3.05, 3.63) is 53.4 Å². The van der Waals surface area contributed by atoms with Gasteiger partial charge in [-0.2, -0.15) is 0 Å². The molecule has 4 heteroatoms. The molecule has 0 radical (unpaired) electrons. The molecule has 1 heterocycles. The van der Waals surface area contributed by atoms with Gasteiger partial charge in [0.25, 0.3) is 0 Å². The third-order valence-corrected chi connectivity index (χ3v) is 3.04. The predicted molar refractivity (Wildman–Crippen MR) is 73.7 cm³/mol. The summed E-state index contributed by atoms with van der Waals surface area (Å²) in [6, 6.07) is 12.3. The second kappa shape index (κ2) is 7.07.